The molecule has 0 aromatic heterocycles. The van der Waals surface area contributed by atoms with Crippen LogP contribution < -0.4 is 14.4 Å². The maximum Gasteiger partial charge on any atom is 0.147 e. The van der Waals surface area contributed by atoms with Gasteiger partial charge in [0.2, 0.25) is 0 Å². The molecule has 0 aliphatic carbocycles. The van der Waals surface area contributed by atoms with Crippen LogP contribution in [-0.4, -0.2) is 39.6 Å². The molecule has 0 bridgehead atoms. The minimum Gasteiger partial charge on any atom is -0.497 e. The topological polar surface area (TPSA) is 43.3 Å². The highest BCUT2D eigenvalue weighted by Crippen LogP contribution is 2.26. The van der Waals surface area contributed by atoms with Crippen molar-refractivity contribution in [2.24, 2.45) is 4.99 Å². The van der Waals surface area contributed by atoms with Gasteiger partial charge in [0.1, 0.15) is 23.1 Å². The summed E-state index contributed by atoms with van der Waals surface area (Å²) in [6.45, 7) is 2.66. The van der Waals surface area contributed by atoms with Crippen LogP contribution in [0.4, 0.5) is 15.8 Å². The van der Waals surface area contributed by atoms with E-state index in [1.165, 1.54) is 6.07 Å². The highest BCUT2D eigenvalue weighted by molar-refractivity contribution is 5.82. The third-order valence-corrected chi connectivity index (χ3v) is 4.82. The van der Waals surface area contributed by atoms with Crippen LogP contribution in [-0.2, 0) is 4.74 Å². The van der Waals surface area contributed by atoms with E-state index in [2.05, 4.69) is 4.99 Å². The fraction of sp³-hybridized carbons (Fsp3) is 0.208. The van der Waals surface area contributed by atoms with Gasteiger partial charge in [-0.1, -0.05) is 6.07 Å². The second kappa shape index (κ2) is 9.41. The number of rotatable bonds is 6. The number of methoxy groups -OCH3 is 1. The maximum absolute atomic E-state index is 14.5. The molecule has 1 heterocycles. The second-order valence-corrected chi connectivity index (χ2v) is 6.84. The summed E-state index contributed by atoms with van der Waals surface area (Å²) in [6.07, 6.45) is 1.66. The summed E-state index contributed by atoms with van der Waals surface area (Å²) in [4.78, 5) is 6.43. The molecule has 0 N–H and O–H groups in total. The molecule has 0 spiro atoms. The summed E-state index contributed by atoms with van der Waals surface area (Å²) in [5.41, 5.74) is 2.08. The summed E-state index contributed by atoms with van der Waals surface area (Å²) in [5.74, 6) is 1.97. The van der Waals surface area contributed by atoms with Gasteiger partial charge in [0.05, 0.1) is 31.7 Å². The van der Waals surface area contributed by atoms with Gasteiger partial charge in [-0.25, -0.2) is 4.39 Å². The van der Waals surface area contributed by atoms with Crippen molar-refractivity contribution in [2.45, 2.75) is 0 Å². The second-order valence-electron chi connectivity index (χ2n) is 6.84. The Hall–Kier alpha value is -3.38. The first-order valence-electron chi connectivity index (χ1n) is 9.79. The molecule has 0 amide bonds. The van der Waals surface area contributed by atoms with Crippen molar-refractivity contribution in [2.75, 3.05) is 38.3 Å². The number of morpholine rings is 1. The van der Waals surface area contributed by atoms with Crippen molar-refractivity contribution in [1.82, 2.24) is 0 Å². The molecule has 6 heteroatoms. The fourth-order valence-corrected chi connectivity index (χ4v) is 3.19. The maximum atomic E-state index is 14.5. The van der Waals surface area contributed by atoms with Gasteiger partial charge in [-0.05, 0) is 66.2 Å². The molecule has 0 radical (unpaired) electrons. The lowest BCUT2D eigenvalue weighted by Gasteiger charge is -2.29. The van der Waals surface area contributed by atoms with Gasteiger partial charge < -0.3 is 19.1 Å². The predicted octanol–water partition coefficient (Wildman–Crippen LogP) is 5.21. The van der Waals surface area contributed by atoms with Gasteiger partial charge in [0.25, 0.3) is 0 Å². The predicted molar refractivity (Wildman–Crippen MR) is 116 cm³/mol. The van der Waals surface area contributed by atoms with E-state index in [9.17, 15) is 4.39 Å². The number of halogens is 1. The smallest absolute Gasteiger partial charge is 0.147 e. The molecule has 1 aliphatic rings. The van der Waals surface area contributed by atoms with E-state index in [1.807, 2.05) is 59.5 Å². The number of nitrogens with zero attached hydrogens (tertiary/aromatic N) is 2. The summed E-state index contributed by atoms with van der Waals surface area (Å²) < 4.78 is 30.8. The molecular weight excluding hydrogens is 383 g/mol. The highest BCUT2D eigenvalue weighted by atomic mass is 19.1. The number of anilines is 1. The van der Waals surface area contributed by atoms with Gasteiger partial charge in [-0.2, -0.15) is 0 Å². The van der Waals surface area contributed by atoms with Crippen molar-refractivity contribution in [3.05, 3.63) is 78.1 Å². The highest BCUT2D eigenvalue weighted by Gasteiger charge is 2.14. The molecule has 3 aromatic rings. The van der Waals surface area contributed by atoms with Gasteiger partial charge in [-0.3, -0.25) is 4.99 Å². The Bertz CT molecular complexity index is 998. The number of aliphatic imine (C=N–C) groups is 1. The van der Waals surface area contributed by atoms with Crippen LogP contribution in [0.3, 0.4) is 0 Å². The summed E-state index contributed by atoms with van der Waals surface area (Å²) >= 11 is 0. The van der Waals surface area contributed by atoms with E-state index in [0.717, 1.165) is 17.2 Å². The average molecular weight is 406 g/mol. The van der Waals surface area contributed by atoms with E-state index in [1.54, 1.807) is 19.4 Å². The van der Waals surface area contributed by atoms with Crippen LogP contribution in [0.25, 0.3) is 0 Å². The third-order valence-electron chi connectivity index (χ3n) is 4.82. The molecule has 154 valence electrons. The van der Waals surface area contributed by atoms with Crippen molar-refractivity contribution in [3.63, 3.8) is 0 Å². The lowest BCUT2D eigenvalue weighted by Crippen LogP contribution is -2.36. The molecule has 0 unspecified atom stereocenters. The van der Waals surface area contributed by atoms with Crippen LogP contribution in [0.5, 0.6) is 17.2 Å². The third kappa shape index (κ3) is 4.96. The van der Waals surface area contributed by atoms with Crippen molar-refractivity contribution < 1.29 is 18.6 Å². The van der Waals surface area contributed by atoms with Gasteiger partial charge in [0.15, 0.2) is 0 Å². The lowest BCUT2D eigenvalue weighted by molar-refractivity contribution is 0.122. The molecule has 1 fully saturated rings. The first-order chi connectivity index (χ1) is 14.7. The zero-order valence-electron chi connectivity index (χ0n) is 16.8. The molecule has 30 heavy (non-hydrogen) atoms. The first-order valence-corrected chi connectivity index (χ1v) is 9.79. The number of benzene rings is 3. The van der Waals surface area contributed by atoms with Crippen LogP contribution in [0.15, 0.2) is 71.7 Å². The fourth-order valence-electron chi connectivity index (χ4n) is 3.19. The minimum absolute atomic E-state index is 0.246. The standard InChI is InChI=1S/C24H23FN2O3/c1-28-20-7-9-22(10-8-20)30-21-5-3-19(4-6-21)26-17-18-2-11-24(23(25)16-18)27-12-14-29-15-13-27/h2-11,16-17H,12-15H2,1H3. The van der Waals surface area contributed by atoms with Crippen LogP contribution in [0, 0.1) is 5.82 Å². The molecular formula is C24H23FN2O3. The normalized spacial score (nSPS) is 14.1. The first kappa shape index (κ1) is 19.9. The largest absolute Gasteiger partial charge is 0.497 e. The summed E-state index contributed by atoms with van der Waals surface area (Å²) in [7, 11) is 1.63. The molecule has 0 saturated carbocycles. The van der Waals surface area contributed by atoms with Crippen molar-refractivity contribution >= 4 is 17.6 Å². The van der Waals surface area contributed by atoms with Gasteiger partial charge in [0, 0.05) is 19.3 Å². The number of hydrogen-bond donors (Lipinski definition) is 0. The monoisotopic (exact) mass is 406 g/mol. The zero-order valence-corrected chi connectivity index (χ0v) is 16.8. The molecule has 3 aromatic carbocycles. The van der Waals surface area contributed by atoms with Gasteiger partial charge in [-0.15, -0.1) is 0 Å². The number of ether oxygens (including phenoxy) is 3. The van der Waals surface area contributed by atoms with Crippen molar-refractivity contribution in [1.29, 1.82) is 0 Å². The number of hydrogen-bond acceptors (Lipinski definition) is 5. The lowest BCUT2D eigenvalue weighted by atomic mass is 10.2. The minimum atomic E-state index is -0.246. The van der Waals surface area contributed by atoms with Crippen LogP contribution >= 0.6 is 0 Å². The summed E-state index contributed by atoms with van der Waals surface area (Å²) in [5, 5.41) is 0. The Morgan fingerprint density at radius 2 is 1.53 bits per heavy atom. The molecule has 4 rings (SSSR count). The van der Waals surface area contributed by atoms with E-state index in [4.69, 9.17) is 14.2 Å². The van der Waals surface area contributed by atoms with E-state index in [-0.39, 0.29) is 5.82 Å². The van der Waals surface area contributed by atoms with Crippen LogP contribution in [0.2, 0.25) is 0 Å². The molecule has 1 saturated heterocycles. The molecule has 1 aliphatic heterocycles. The SMILES string of the molecule is COc1ccc(Oc2ccc(N=Cc3ccc(N4CCOCC4)c(F)c3)cc2)cc1. The Morgan fingerprint density at radius 3 is 2.17 bits per heavy atom. The Balaban J connectivity index is 1.39. The Labute approximate surface area is 175 Å². The summed E-state index contributed by atoms with van der Waals surface area (Å²) in [6, 6.07) is 20.0. The molecule has 0 atom stereocenters. The van der Waals surface area contributed by atoms with E-state index < -0.39 is 0 Å². The van der Waals surface area contributed by atoms with Crippen molar-refractivity contribution in [3.8, 4) is 17.2 Å². The average Bonchev–Trinajstić information content (AvgIpc) is 2.80. The van der Waals surface area contributed by atoms with Crippen LogP contribution in [0.1, 0.15) is 5.56 Å². The zero-order chi connectivity index (χ0) is 20.8. The Kier molecular flexibility index (Phi) is 6.25. The quantitative estimate of drug-likeness (QED) is 0.527. The van der Waals surface area contributed by atoms with E-state index >= 15 is 0 Å². The van der Waals surface area contributed by atoms with Gasteiger partial charge >= 0.3 is 0 Å². The Morgan fingerprint density at radius 1 is 0.900 bits per heavy atom. The molecule has 5 nitrogen and oxygen atoms in total. The van der Waals surface area contributed by atoms with E-state index in [0.29, 0.717) is 43.3 Å².